The van der Waals surface area contributed by atoms with Gasteiger partial charge in [0.05, 0.1) is 0 Å². The summed E-state index contributed by atoms with van der Waals surface area (Å²) < 4.78 is 0. The second kappa shape index (κ2) is 8.95. The average molecular weight is 412 g/mol. The van der Waals surface area contributed by atoms with Gasteiger partial charge >= 0.3 is 0 Å². The van der Waals surface area contributed by atoms with Crippen LogP contribution in [0.2, 0.25) is 0 Å². The van der Waals surface area contributed by atoms with Gasteiger partial charge in [-0.05, 0) is 65.1 Å². The van der Waals surface area contributed by atoms with E-state index in [-0.39, 0.29) is 0 Å². The van der Waals surface area contributed by atoms with E-state index in [1.807, 2.05) is 0 Å². The van der Waals surface area contributed by atoms with Gasteiger partial charge in [0.15, 0.2) is 0 Å². The normalized spacial score (nSPS) is 10.7. The minimum atomic E-state index is 1.14. The van der Waals surface area contributed by atoms with Crippen LogP contribution in [0.4, 0.5) is 17.1 Å². The largest absolute Gasteiger partial charge is 0.310 e. The van der Waals surface area contributed by atoms with Crippen LogP contribution >= 0.6 is 0 Å². The van der Waals surface area contributed by atoms with Crippen molar-refractivity contribution in [3.8, 4) is 22.3 Å². The van der Waals surface area contributed by atoms with Crippen molar-refractivity contribution in [2.45, 2.75) is 6.92 Å². The highest BCUT2D eigenvalue weighted by molar-refractivity contribution is 5.82. The summed E-state index contributed by atoms with van der Waals surface area (Å²) in [5, 5.41) is 0. The number of hydrogen-bond donors (Lipinski definition) is 0. The Morgan fingerprint density at radius 1 is 0.406 bits per heavy atom. The Morgan fingerprint density at radius 3 is 1.59 bits per heavy atom. The second-order valence-corrected chi connectivity index (χ2v) is 7.95. The molecule has 5 rings (SSSR count). The van der Waals surface area contributed by atoms with Gasteiger partial charge in [-0.3, -0.25) is 0 Å². The van der Waals surface area contributed by atoms with Crippen LogP contribution in [0, 0.1) is 6.92 Å². The Balaban J connectivity index is 1.61. The van der Waals surface area contributed by atoms with Gasteiger partial charge in [0, 0.05) is 17.1 Å². The van der Waals surface area contributed by atoms with Gasteiger partial charge < -0.3 is 4.90 Å². The summed E-state index contributed by atoms with van der Waals surface area (Å²) in [5.74, 6) is 0. The van der Waals surface area contributed by atoms with Gasteiger partial charge in [0.1, 0.15) is 0 Å². The van der Waals surface area contributed by atoms with Crippen LogP contribution in [0.15, 0.2) is 133 Å². The Kier molecular flexibility index (Phi) is 5.55. The lowest BCUT2D eigenvalue weighted by Crippen LogP contribution is -2.11. The molecule has 1 heteroatoms. The molecule has 0 heterocycles. The minimum absolute atomic E-state index is 1.14. The highest BCUT2D eigenvalue weighted by atomic mass is 15.1. The van der Waals surface area contributed by atoms with Gasteiger partial charge in [0.2, 0.25) is 0 Å². The molecule has 5 aromatic rings. The Morgan fingerprint density at radius 2 is 0.938 bits per heavy atom. The molecular weight excluding hydrogens is 386 g/mol. The maximum atomic E-state index is 2.34. The molecule has 154 valence electrons. The van der Waals surface area contributed by atoms with Crippen LogP contribution in [0.1, 0.15) is 5.56 Å². The zero-order chi connectivity index (χ0) is 21.8. The fourth-order valence-corrected chi connectivity index (χ4v) is 4.13. The van der Waals surface area contributed by atoms with E-state index in [9.17, 15) is 0 Å². The molecule has 5 aromatic carbocycles. The summed E-state index contributed by atoms with van der Waals surface area (Å²) >= 11 is 0. The summed E-state index contributed by atoms with van der Waals surface area (Å²) in [5.41, 5.74) is 9.60. The number of aryl methyl sites for hydroxylation is 1. The van der Waals surface area contributed by atoms with E-state index in [1.165, 1.54) is 33.5 Å². The van der Waals surface area contributed by atoms with Crippen molar-refractivity contribution in [3.63, 3.8) is 0 Å². The van der Waals surface area contributed by atoms with Crippen molar-refractivity contribution in [2.24, 2.45) is 0 Å². The van der Waals surface area contributed by atoms with Crippen molar-refractivity contribution < 1.29 is 0 Å². The molecule has 0 unspecified atom stereocenters. The maximum Gasteiger partial charge on any atom is 0.0490 e. The molecule has 0 bridgehead atoms. The molecular formula is C31H25N. The van der Waals surface area contributed by atoms with E-state index >= 15 is 0 Å². The van der Waals surface area contributed by atoms with E-state index in [0.717, 1.165) is 11.4 Å². The molecule has 0 aliphatic carbocycles. The van der Waals surface area contributed by atoms with Crippen molar-refractivity contribution >= 4 is 17.1 Å². The average Bonchev–Trinajstić information content (AvgIpc) is 2.87. The van der Waals surface area contributed by atoms with Crippen LogP contribution in [0.5, 0.6) is 0 Å². The minimum Gasteiger partial charge on any atom is -0.310 e. The quantitative estimate of drug-likeness (QED) is 0.279. The maximum absolute atomic E-state index is 2.34. The third kappa shape index (κ3) is 4.06. The first-order valence-corrected chi connectivity index (χ1v) is 11.0. The molecule has 0 atom stereocenters. The Bertz CT molecular complexity index is 1310. The van der Waals surface area contributed by atoms with Gasteiger partial charge in [-0.1, -0.05) is 103 Å². The van der Waals surface area contributed by atoms with Crippen molar-refractivity contribution in [1.82, 2.24) is 0 Å². The summed E-state index contributed by atoms with van der Waals surface area (Å²) in [6.07, 6.45) is 0. The summed E-state index contributed by atoms with van der Waals surface area (Å²) in [6, 6.07) is 47.2. The molecule has 0 fully saturated rings. The monoisotopic (exact) mass is 411 g/mol. The third-order valence-corrected chi connectivity index (χ3v) is 5.80. The molecule has 1 nitrogen and oxygen atoms in total. The van der Waals surface area contributed by atoms with Crippen LogP contribution < -0.4 is 4.90 Å². The van der Waals surface area contributed by atoms with E-state index < -0.39 is 0 Å². The fourth-order valence-electron chi connectivity index (χ4n) is 4.13. The zero-order valence-corrected chi connectivity index (χ0v) is 18.1. The summed E-state index contributed by atoms with van der Waals surface area (Å²) in [4.78, 5) is 2.34. The van der Waals surface area contributed by atoms with Gasteiger partial charge in [-0.2, -0.15) is 0 Å². The number of hydrogen-bond acceptors (Lipinski definition) is 1. The van der Waals surface area contributed by atoms with Crippen LogP contribution in [-0.4, -0.2) is 0 Å². The third-order valence-electron chi connectivity index (χ3n) is 5.80. The van der Waals surface area contributed by atoms with Crippen molar-refractivity contribution in [1.29, 1.82) is 0 Å². The molecule has 0 amide bonds. The van der Waals surface area contributed by atoms with Crippen LogP contribution in [0.3, 0.4) is 0 Å². The Hall–Kier alpha value is -4.10. The standard InChI is InChI=1S/C31H25N/c1-24-11-8-9-18-31(24)32(29-21-19-27(20-22-29)25-12-4-2-5-13-25)30-17-10-16-28(23-30)26-14-6-3-7-15-26/h2-23H,1H3. The summed E-state index contributed by atoms with van der Waals surface area (Å²) in [6.45, 7) is 2.17. The van der Waals surface area contributed by atoms with Crippen LogP contribution in [0.25, 0.3) is 22.3 Å². The number of anilines is 3. The van der Waals surface area contributed by atoms with E-state index in [4.69, 9.17) is 0 Å². The summed E-state index contributed by atoms with van der Waals surface area (Å²) in [7, 11) is 0. The molecule has 0 spiro atoms. The molecule has 0 aromatic heterocycles. The number of benzene rings is 5. The van der Waals surface area contributed by atoms with E-state index in [2.05, 4.69) is 145 Å². The van der Waals surface area contributed by atoms with Gasteiger partial charge in [0.25, 0.3) is 0 Å². The molecule has 0 saturated heterocycles. The molecule has 0 aliphatic heterocycles. The van der Waals surface area contributed by atoms with Crippen molar-refractivity contribution in [2.75, 3.05) is 4.90 Å². The number of rotatable bonds is 5. The van der Waals surface area contributed by atoms with Gasteiger partial charge in [-0.15, -0.1) is 0 Å². The predicted octanol–water partition coefficient (Wildman–Crippen LogP) is 8.80. The van der Waals surface area contributed by atoms with E-state index in [0.29, 0.717) is 0 Å². The van der Waals surface area contributed by atoms with Gasteiger partial charge in [-0.25, -0.2) is 0 Å². The lowest BCUT2D eigenvalue weighted by Gasteiger charge is -2.27. The predicted molar refractivity (Wildman–Crippen MR) is 137 cm³/mol. The fraction of sp³-hybridized carbons (Fsp3) is 0.0323. The highest BCUT2D eigenvalue weighted by Crippen LogP contribution is 2.38. The molecule has 0 radical (unpaired) electrons. The zero-order valence-electron chi connectivity index (χ0n) is 18.1. The first-order valence-electron chi connectivity index (χ1n) is 11.0. The van der Waals surface area contributed by atoms with E-state index in [1.54, 1.807) is 0 Å². The Labute approximate surface area is 190 Å². The molecule has 32 heavy (non-hydrogen) atoms. The topological polar surface area (TPSA) is 3.24 Å². The first-order chi connectivity index (χ1) is 15.8. The first kappa shape index (κ1) is 19.8. The van der Waals surface area contributed by atoms with Crippen LogP contribution in [-0.2, 0) is 0 Å². The SMILES string of the molecule is Cc1ccccc1N(c1ccc(-c2ccccc2)cc1)c1cccc(-c2ccccc2)c1. The lowest BCUT2D eigenvalue weighted by atomic mass is 10.0. The molecule has 0 N–H and O–H groups in total. The highest BCUT2D eigenvalue weighted by Gasteiger charge is 2.15. The number of nitrogens with zero attached hydrogens (tertiary/aromatic N) is 1. The smallest absolute Gasteiger partial charge is 0.0490 e. The molecule has 0 saturated carbocycles. The molecule has 0 aliphatic rings. The van der Waals surface area contributed by atoms with Crippen molar-refractivity contribution in [3.05, 3.63) is 139 Å². The number of para-hydroxylation sites is 1. The second-order valence-electron chi connectivity index (χ2n) is 7.95. The lowest BCUT2D eigenvalue weighted by molar-refractivity contribution is 1.25.